The Morgan fingerprint density at radius 1 is 1.50 bits per heavy atom. The third-order valence-electron chi connectivity index (χ3n) is 3.92. The Kier molecular flexibility index (Phi) is 5.03. The summed E-state index contributed by atoms with van der Waals surface area (Å²) in [5, 5.41) is 0. The number of likely N-dealkylation sites (N-methyl/N-ethyl adjacent to an activating group) is 1. The van der Waals surface area contributed by atoms with Crippen LogP contribution in [0.2, 0.25) is 0 Å². The fourth-order valence-electron chi connectivity index (χ4n) is 2.52. The first kappa shape index (κ1) is 13.8. The van der Waals surface area contributed by atoms with Crippen LogP contribution < -0.4 is 5.73 Å². The van der Waals surface area contributed by atoms with Gasteiger partial charge in [0.15, 0.2) is 0 Å². The molecule has 0 aliphatic carbocycles. The number of hydrogen-bond donors (Lipinski definition) is 1. The zero-order chi connectivity index (χ0) is 12.8. The molecule has 2 rings (SSSR count). The monoisotopic (exact) mass is 265 g/mol. The third-order valence-corrected chi connectivity index (χ3v) is 5.24. The maximum atomic E-state index is 6.04. The van der Waals surface area contributed by atoms with Crippen LogP contribution in [0.25, 0.3) is 0 Å². The van der Waals surface area contributed by atoms with Crippen LogP contribution in [0.15, 0.2) is 24.4 Å². The summed E-state index contributed by atoms with van der Waals surface area (Å²) in [5.74, 6) is 2.46. The van der Waals surface area contributed by atoms with Crippen molar-refractivity contribution >= 4 is 11.8 Å². The van der Waals surface area contributed by atoms with E-state index in [0.29, 0.717) is 0 Å². The summed E-state index contributed by atoms with van der Waals surface area (Å²) in [6.07, 6.45) is 5.39. The minimum absolute atomic E-state index is 0.206. The second-order valence-corrected chi connectivity index (χ2v) is 6.18. The molecular formula is C14H23N3S. The van der Waals surface area contributed by atoms with Crippen LogP contribution in [0.4, 0.5) is 0 Å². The summed E-state index contributed by atoms with van der Waals surface area (Å²) in [4.78, 5) is 6.83. The fourth-order valence-corrected chi connectivity index (χ4v) is 3.88. The van der Waals surface area contributed by atoms with Crippen LogP contribution in [0, 0.1) is 0 Å². The number of aromatic nitrogens is 1. The quantitative estimate of drug-likeness (QED) is 0.881. The molecule has 1 aromatic rings. The second-order valence-electron chi connectivity index (χ2n) is 5.08. The van der Waals surface area contributed by atoms with E-state index in [1.54, 1.807) is 0 Å². The van der Waals surface area contributed by atoms with Gasteiger partial charge < -0.3 is 5.73 Å². The SMILES string of the molecule is CN(CCc1ccccn1)C1(CN)CCCSC1. The van der Waals surface area contributed by atoms with Gasteiger partial charge >= 0.3 is 0 Å². The van der Waals surface area contributed by atoms with Crippen LogP contribution >= 0.6 is 11.8 Å². The van der Waals surface area contributed by atoms with Gasteiger partial charge in [-0.15, -0.1) is 0 Å². The molecule has 0 bridgehead atoms. The first-order chi connectivity index (χ1) is 8.77. The van der Waals surface area contributed by atoms with Gasteiger partial charge in [-0.25, -0.2) is 0 Å². The number of nitrogens with zero attached hydrogens (tertiary/aromatic N) is 2. The van der Waals surface area contributed by atoms with Gasteiger partial charge in [-0.2, -0.15) is 11.8 Å². The Morgan fingerprint density at radius 3 is 3.00 bits per heavy atom. The smallest absolute Gasteiger partial charge is 0.0419 e. The van der Waals surface area contributed by atoms with Crippen molar-refractivity contribution in [3.63, 3.8) is 0 Å². The Morgan fingerprint density at radius 2 is 2.39 bits per heavy atom. The van der Waals surface area contributed by atoms with E-state index >= 15 is 0 Å². The van der Waals surface area contributed by atoms with E-state index < -0.39 is 0 Å². The third kappa shape index (κ3) is 3.25. The van der Waals surface area contributed by atoms with Crippen molar-refractivity contribution in [3.05, 3.63) is 30.1 Å². The first-order valence-electron chi connectivity index (χ1n) is 6.66. The fraction of sp³-hybridized carbons (Fsp3) is 0.643. The molecule has 1 aromatic heterocycles. The van der Waals surface area contributed by atoms with Crippen LogP contribution in [0.3, 0.4) is 0 Å². The minimum atomic E-state index is 0.206. The second kappa shape index (κ2) is 6.55. The molecule has 4 heteroatoms. The van der Waals surface area contributed by atoms with Crippen LogP contribution in [-0.2, 0) is 6.42 Å². The molecule has 1 fully saturated rings. The van der Waals surface area contributed by atoms with Gasteiger partial charge in [-0.1, -0.05) is 6.07 Å². The Labute approximate surface area is 114 Å². The van der Waals surface area contributed by atoms with Gasteiger partial charge in [-0.05, 0) is 37.8 Å². The number of hydrogen-bond acceptors (Lipinski definition) is 4. The lowest BCUT2D eigenvalue weighted by Gasteiger charge is -2.43. The van der Waals surface area contributed by atoms with E-state index in [0.717, 1.165) is 19.5 Å². The summed E-state index contributed by atoms with van der Waals surface area (Å²) in [7, 11) is 2.21. The van der Waals surface area contributed by atoms with E-state index in [1.165, 1.54) is 30.0 Å². The minimum Gasteiger partial charge on any atom is -0.329 e. The van der Waals surface area contributed by atoms with E-state index in [9.17, 15) is 0 Å². The van der Waals surface area contributed by atoms with Crippen LogP contribution in [0.1, 0.15) is 18.5 Å². The highest BCUT2D eigenvalue weighted by Crippen LogP contribution is 2.30. The Balaban J connectivity index is 1.91. The topological polar surface area (TPSA) is 42.2 Å². The summed E-state index contributed by atoms with van der Waals surface area (Å²) < 4.78 is 0. The van der Waals surface area contributed by atoms with E-state index in [4.69, 9.17) is 5.73 Å². The highest BCUT2D eigenvalue weighted by molar-refractivity contribution is 7.99. The van der Waals surface area contributed by atoms with Crippen molar-refractivity contribution in [2.24, 2.45) is 5.73 Å². The largest absolute Gasteiger partial charge is 0.329 e. The summed E-state index contributed by atoms with van der Waals surface area (Å²) in [6.45, 7) is 1.80. The van der Waals surface area contributed by atoms with E-state index in [1.807, 2.05) is 24.0 Å². The van der Waals surface area contributed by atoms with E-state index in [-0.39, 0.29) is 5.54 Å². The van der Waals surface area contributed by atoms with Crippen molar-refractivity contribution in [1.29, 1.82) is 0 Å². The maximum Gasteiger partial charge on any atom is 0.0419 e. The molecule has 0 amide bonds. The molecule has 1 aliphatic heterocycles. The average Bonchev–Trinajstić information content (AvgIpc) is 2.46. The van der Waals surface area contributed by atoms with Crippen molar-refractivity contribution in [1.82, 2.24) is 9.88 Å². The molecule has 2 heterocycles. The van der Waals surface area contributed by atoms with Crippen molar-refractivity contribution in [2.45, 2.75) is 24.8 Å². The molecule has 18 heavy (non-hydrogen) atoms. The molecule has 1 aliphatic rings. The molecular weight excluding hydrogens is 242 g/mol. The molecule has 100 valence electrons. The molecule has 1 saturated heterocycles. The predicted molar refractivity (Wildman–Crippen MR) is 78.9 cm³/mol. The van der Waals surface area contributed by atoms with Gasteiger partial charge in [0.1, 0.15) is 0 Å². The normalized spacial score (nSPS) is 24.4. The molecule has 0 radical (unpaired) electrons. The molecule has 0 saturated carbocycles. The standard InChI is InChI=1S/C14H23N3S/c1-17(9-6-13-5-2-3-8-16-13)14(11-15)7-4-10-18-12-14/h2-3,5,8H,4,6-7,9-12,15H2,1H3. The molecule has 0 spiro atoms. The van der Waals surface area contributed by atoms with Crippen LogP contribution in [-0.4, -0.2) is 47.1 Å². The van der Waals surface area contributed by atoms with Crippen molar-refractivity contribution < 1.29 is 0 Å². The maximum absolute atomic E-state index is 6.04. The number of nitrogens with two attached hydrogens (primary N) is 1. The van der Waals surface area contributed by atoms with Gasteiger partial charge in [-0.3, -0.25) is 9.88 Å². The highest BCUT2D eigenvalue weighted by Gasteiger charge is 2.34. The number of thioether (sulfide) groups is 1. The summed E-state index contributed by atoms with van der Waals surface area (Å²) in [5.41, 5.74) is 7.41. The summed E-state index contributed by atoms with van der Waals surface area (Å²) in [6, 6.07) is 6.11. The van der Waals surface area contributed by atoms with Gasteiger partial charge in [0.2, 0.25) is 0 Å². The zero-order valence-corrected chi connectivity index (χ0v) is 12.0. The number of rotatable bonds is 5. The van der Waals surface area contributed by atoms with Crippen LogP contribution in [0.5, 0.6) is 0 Å². The van der Waals surface area contributed by atoms with Gasteiger partial charge in [0.25, 0.3) is 0 Å². The van der Waals surface area contributed by atoms with E-state index in [2.05, 4.69) is 29.1 Å². The van der Waals surface area contributed by atoms with Gasteiger partial charge in [0, 0.05) is 42.7 Å². The first-order valence-corrected chi connectivity index (χ1v) is 7.81. The zero-order valence-electron chi connectivity index (χ0n) is 11.1. The van der Waals surface area contributed by atoms with Crippen molar-refractivity contribution in [3.8, 4) is 0 Å². The lowest BCUT2D eigenvalue weighted by molar-refractivity contribution is 0.136. The lowest BCUT2D eigenvalue weighted by Crippen LogP contribution is -2.56. The predicted octanol–water partition coefficient (Wildman–Crippen LogP) is 1.78. The lowest BCUT2D eigenvalue weighted by atomic mass is 9.93. The molecule has 0 aromatic carbocycles. The summed E-state index contributed by atoms with van der Waals surface area (Å²) >= 11 is 2.04. The number of pyridine rings is 1. The molecule has 1 unspecified atom stereocenters. The molecule has 1 atom stereocenters. The molecule has 3 nitrogen and oxygen atoms in total. The highest BCUT2D eigenvalue weighted by atomic mass is 32.2. The van der Waals surface area contributed by atoms with Gasteiger partial charge in [0.05, 0.1) is 0 Å². The average molecular weight is 265 g/mol. The Bertz CT molecular complexity index is 349. The Hall–Kier alpha value is -0.580. The molecule has 2 N–H and O–H groups in total. The van der Waals surface area contributed by atoms with Crippen molar-refractivity contribution in [2.75, 3.05) is 31.6 Å².